The number of hydrogen-bond donors (Lipinski definition) is 1. The van der Waals surface area contributed by atoms with E-state index in [1.807, 2.05) is 24.3 Å². The van der Waals surface area contributed by atoms with Gasteiger partial charge in [-0.15, -0.1) is 0 Å². The molecule has 2 aromatic carbocycles. The molecule has 2 rings (SSSR count). The van der Waals surface area contributed by atoms with Gasteiger partial charge in [0.2, 0.25) is 0 Å². The highest BCUT2D eigenvalue weighted by Crippen LogP contribution is 2.21. The third-order valence-corrected chi connectivity index (χ3v) is 2.98. The van der Waals surface area contributed by atoms with E-state index in [4.69, 9.17) is 10.00 Å². The summed E-state index contributed by atoms with van der Waals surface area (Å²) in [6, 6.07) is 14.7. The second-order valence-electron chi connectivity index (χ2n) is 4.32. The maximum Gasteiger partial charge on any atom is 0.170 e. The second-order valence-corrected chi connectivity index (χ2v) is 4.32. The van der Waals surface area contributed by atoms with Crippen LogP contribution in [0.1, 0.15) is 11.1 Å². The van der Waals surface area contributed by atoms with Gasteiger partial charge in [-0.3, -0.25) is 0 Å². The maximum atomic E-state index is 13.9. The van der Waals surface area contributed by atoms with Crippen molar-refractivity contribution in [2.24, 2.45) is 0 Å². The molecule has 0 aromatic heterocycles. The SMILES string of the molecule is COc1cccc(CNc2ccc(CC#N)cc2)c1F. The number of nitriles is 1. The fraction of sp³-hybridized carbons (Fsp3) is 0.188. The second kappa shape index (κ2) is 6.58. The van der Waals surface area contributed by atoms with Crippen LogP contribution in [0.15, 0.2) is 42.5 Å². The number of methoxy groups -OCH3 is 1. The first kappa shape index (κ1) is 13.9. The number of halogens is 1. The van der Waals surface area contributed by atoms with Crippen molar-refractivity contribution in [2.75, 3.05) is 12.4 Å². The standard InChI is InChI=1S/C16H15FN2O/c1-20-15-4-2-3-13(16(15)17)11-19-14-7-5-12(6-8-14)9-10-18/h2-8,19H,9,11H2,1H3. The van der Waals surface area contributed by atoms with E-state index in [1.165, 1.54) is 7.11 Å². The van der Waals surface area contributed by atoms with E-state index in [0.717, 1.165) is 11.3 Å². The van der Waals surface area contributed by atoms with E-state index in [1.54, 1.807) is 18.2 Å². The molecule has 0 bridgehead atoms. The van der Waals surface area contributed by atoms with Gasteiger partial charge in [0.15, 0.2) is 11.6 Å². The minimum absolute atomic E-state index is 0.244. The van der Waals surface area contributed by atoms with Crippen LogP contribution >= 0.6 is 0 Å². The third-order valence-electron chi connectivity index (χ3n) is 2.98. The van der Waals surface area contributed by atoms with Gasteiger partial charge in [-0.25, -0.2) is 4.39 Å². The van der Waals surface area contributed by atoms with Crippen LogP contribution in [0.4, 0.5) is 10.1 Å². The monoisotopic (exact) mass is 270 g/mol. The molecule has 0 amide bonds. The van der Waals surface area contributed by atoms with Crippen molar-refractivity contribution in [1.82, 2.24) is 0 Å². The summed E-state index contributed by atoms with van der Waals surface area (Å²) in [6.07, 6.45) is 0.394. The fourth-order valence-corrected chi connectivity index (χ4v) is 1.88. The van der Waals surface area contributed by atoms with E-state index in [-0.39, 0.29) is 11.6 Å². The molecule has 4 heteroatoms. The van der Waals surface area contributed by atoms with E-state index in [0.29, 0.717) is 18.5 Å². The van der Waals surface area contributed by atoms with Crippen molar-refractivity contribution in [3.05, 3.63) is 59.4 Å². The van der Waals surface area contributed by atoms with Crippen molar-refractivity contribution in [2.45, 2.75) is 13.0 Å². The number of ether oxygens (including phenoxy) is 1. The Bertz CT molecular complexity index is 617. The van der Waals surface area contributed by atoms with E-state index >= 15 is 0 Å². The van der Waals surface area contributed by atoms with Crippen LogP contribution in [0, 0.1) is 17.1 Å². The molecule has 0 radical (unpaired) electrons. The first-order valence-corrected chi connectivity index (χ1v) is 6.25. The fourth-order valence-electron chi connectivity index (χ4n) is 1.88. The molecule has 0 fully saturated rings. The Balaban J connectivity index is 2.03. The van der Waals surface area contributed by atoms with Crippen LogP contribution in [0.2, 0.25) is 0 Å². The zero-order valence-corrected chi connectivity index (χ0v) is 11.2. The largest absolute Gasteiger partial charge is 0.494 e. The number of benzene rings is 2. The van der Waals surface area contributed by atoms with Gasteiger partial charge in [0, 0.05) is 17.8 Å². The molecule has 0 heterocycles. The summed E-state index contributed by atoms with van der Waals surface area (Å²) in [5.41, 5.74) is 2.39. The summed E-state index contributed by atoms with van der Waals surface area (Å²) in [4.78, 5) is 0. The lowest BCUT2D eigenvalue weighted by atomic mass is 10.1. The number of hydrogen-bond acceptors (Lipinski definition) is 3. The molecule has 0 aliphatic heterocycles. The van der Waals surface area contributed by atoms with E-state index < -0.39 is 0 Å². The number of rotatable bonds is 5. The highest BCUT2D eigenvalue weighted by Gasteiger charge is 2.07. The van der Waals surface area contributed by atoms with E-state index in [9.17, 15) is 4.39 Å². The predicted molar refractivity (Wildman–Crippen MR) is 76.0 cm³/mol. The molecule has 1 N–H and O–H groups in total. The minimum atomic E-state index is -0.344. The van der Waals surface area contributed by atoms with Gasteiger partial charge in [-0.05, 0) is 23.8 Å². The first-order valence-electron chi connectivity index (χ1n) is 6.25. The zero-order chi connectivity index (χ0) is 14.4. The van der Waals surface area contributed by atoms with Crippen LogP contribution in [0.3, 0.4) is 0 Å². The summed E-state index contributed by atoms with van der Waals surface area (Å²) in [6.45, 7) is 0.376. The van der Waals surface area contributed by atoms with Gasteiger partial charge in [-0.1, -0.05) is 24.3 Å². The van der Waals surface area contributed by atoms with Gasteiger partial charge in [0.1, 0.15) is 0 Å². The van der Waals surface area contributed by atoms with Gasteiger partial charge in [0.25, 0.3) is 0 Å². The van der Waals surface area contributed by atoms with Crippen molar-refractivity contribution in [1.29, 1.82) is 5.26 Å². The Morgan fingerprint density at radius 2 is 1.95 bits per heavy atom. The third kappa shape index (κ3) is 3.27. The van der Waals surface area contributed by atoms with Crippen LogP contribution < -0.4 is 10.1 Å². The highest BCUT2D eigenvalue weighted by molar-refractivity contribution is 5.46. The smallest absolute Gasteiger partial charge is 0.170 e. The molecule has 3 nitrogen and oxygen atoms in total. The summed E-state index contributed by atoms with van der Waals surface area (Å²) < 4.78 is 18.9. The quantitative estimate of drug-likeness (QED) is 0.904. The summed E-state index contributed by atoms with van der Waals surface area (Å²) >= 11 is 0. The molecule has 0 atom stereocenters. The van der Waals surface area contributed by atoms with Gasteiger partial charge in [0.05, 0.1) is 19.6 Å². The zero-order valence-electron chi connectivity index (χ0n) is 11.2. The summed E-state index contributed by atoms with van der Waals surface area (Å²) in [7, 11) is 1.45. The lowest BCUT2D eigenvalue weighted by Gasteiger charge is -2.10. The maximum absolute atomic E-state index is 13.9. The minimum Gasteiger partial charge on any atom is -0.494 e. The molecule has 0 saturated carbocycles. The Morgan fingerprint density at radius 1 is 1.20 bits per heavy atom. The molecule has 0 aliphatic rings. The number of anilines is 1. The Morgan fingerprint density at radius 3 is 2.60 bits per heavy atom. The molecule has 20 heavy (non-hydrogen) atoms. The average molecular weight is 270 g/mol. The van der Waals surface area contributed by atoms with Crippen LogP contribution in [0.5, 0.6) is 5.75 Å². The van der Waals surface area contributed by atoms with Crippen LogP contribution in [-0.4, -0.2) is 7.11 Å². The normalized spacial score (nSPS) is 9.85. The molecule has 0 saturated heterocycles. The summed E-state index contributed by atoms with van der Waals surface area (Å²) in [5, 5.41) is 11.7. The molecule has 102 valence electrons. The Hall–Kier alpha value is -2.54. The molecule has 0 unspecified atom stereocenters. The lowest BCUT2D eigenvalue weighted by molar-refractivity contribution is 0.384. The summed E-state index contributed by atoms with van der Waals surface area (Å²) in [5.74, 6) is -0.0998. The van der Waals surface area contributed by atoms with Crippen molar-refractivity contribution < 1.29 is 9.13 Å². The lowest BCUT2D eigenvalue weighted by Crippen LogP contribution is -2.03. The van der Waals surface area contributed by atoms with Crippen molar-refractivity contribution in [3.63, 3.8) is 0 Å². The molecular formula is C16H15FN2O. The van der Waals surface area contributed by atoms with Crippen LogP contribution in [0.25, 0.3) is 0 Å². The number of nitrogens with one attached hydrogen (secondary N) is 1. The molecule has 0 spiro atoms. The van der Waals surface area contributed by atoms with Gasteiger partial charge < -0.3 is 10.1 Å². The van der Waals surface area contributed by atoms with Crippen molar-refractivity contribution >= 4 is 5.69 Å². The Kier molecular flexibility index (Phi) is 4.56. The first-order chi connectivity index (χ1) is 9.74. The molecule has 2 aromatic rings. The molecular weight excluding hydrogens is 255 g/mol. The Labute approximate surface area is 117 Å². The predicted octanol–water partition coefficient (Wildman–Crippen LogP) is 3.51. The molecule has 0 aliphatic carbocycles. The van der Waals surface area contributed by atoms with Gasteiger partial charge in [-0.2, -0.15) is 5.26 Å². The van der Waals surface area contributed by atoms with Crippen molar-refractivity contribution in [3.8, 4) is 11.8 Å². The van der Waals surface area contributed by atoms with Gasteiger partial charge >= 0.3 is 0 Å². The van der Waals surface area contributed by atoms with Crippen LogP contribution in [-0.2, 0) is 13.0 Å². The highest BCUT2D eigenvalue weighted by atomic mass is 19.1. The topological polar surface area (TPSA) is 45.0 Å². The van der Waals surface area contributed by atoms with E-state index in [2.05, 4.69) is 11.4 Å². The average Bonchev–Trinajstić information content (AvgIpc) is 2.48. The number of nitrogens with zero attached hydrogens (tertiary/aromatic N) is 1.